The zero-order valence-corrected chi connectivity index (χ0v) is 21.1. The Kier molecular flexibility index (Phi) is 7.71. The predicted octanol–water partition coefficient (Wildman–Crippen LogP) is 7.02. The van der Waals surface area contributed by atoms with Crippen molar-refractivity contribution in [3.05, 3.63) is 89.5 Å². The van der Waals surface area contributed by atoms with Crippen LogP contribution in [0.3, 0.4) is 0 Å². The van der Waals surface area contributed by atoms with E-state index in [1.807, 2.05) is 0 Å². The summed E-state index contributed by atoms with van der Waals surface area (Å²) in [7, 11) is 4.45. The Morgan fingerprint density at radius 1 is 0.562 bits per heavy atom. The van der Waals surface area contributed by atoms with Crippen LogP contribution in [-0.2, 0) is 0 Å². The Balaban J connectivity index is 2.30. The van der Waals surface area contributed by atoms with Gasteiger partial charge in [-0.05, 0) is 78.3 Å². The van der Waals surface area contributed by atoms with E-state index in [1.54, 1.807) is 0 Å². The van der Waals surface area contributed by atoms with Crippen molar-refractivity contribution in [3.63, 3.8) is 0 Å². The first-order valence-corrected chi connectivity index (χ1v) is 12.0. The fourth-order valence-electron chi connectivity index (χ4n) is 4.57. The molecule has 168 valence electrons. The Bertz CT molecular complexity index is 922. The minimum atomic E-state index is 0.0795. The zero-order chi connectivity index (χ0) is 23.4. The second-order valence-corrected chi connectivity index (χ2v) is 9.84. The van der Waals surface area contributed by atoms with Gasteiger partial charge in [0.05, 0.1) is 0 Å². The largest absolute Gasteiger partial charge is 0.411 e. The minimum absolute atomic E-state index is 0.0795. The number of hydrogen-bond acceptors (Lipinski definition) is 2. The highest BCUT2D eigenvalue weighted by molar-refractivity contribution is 6.80. The molecule has 0 fully saturated rings. The summed E-state index contributed by atoms with van der Waals surface area (Å²) in [4.78, 5) is 4.85. The summed E-state index contributed by atoms with van der Waals surface area (Å²) in [5.41, 5.74) is 8.22. The maximum atomic E-state index is 2.46. The van der Waals surface area contributed by atoms with Crippen LogP contribution >= 0.6 is 0 Å². The average molecular weight is 426 g/mol. The van der Waals surface area contributed by atoms with Gasteiger partial charge < -0.3 is 9.62 Å². The minimum Gasteiger partial charge on any atom is -0.395 e. The van der Waals surface area contributed by atoms with Crippen molar-refractivity contribution < 1.29 is 0 Å². The number of anilines is 2. The molecule has 0 radical (unpaired) electrons. The van der Waals surface area contributed by atoms with Crippen LogP contribution in [0.2, 0.25) is 0 Å². The van der Waals surface area contributed by atoms with Gasteiger partial charge in [0, 0.05) is 11.4 Å². The van der Waals surface area contributed by atoms with E-state index in [0.29, 0.717) is 17.8 Å². The highest BCUT2D eigenvalue weighted by atomic mass is 15.2. The SMILES string of the molecule is CC(C)c1cc(C(C)C)c(B(N(C)c2ccccc2)N(C)c2ccccc2)c(C(C)C)c1. The van der Waals surface area contributed by atoms with Crippen LogP contribution < -0.4 is 15.1 Å². The van der Waals surface area contributed by atoms with E-state index in [0.717, 1.165) is 0 Å². The second kappa shape index (κ2) is 10.3. The second-order valence-electron chi connectivity index (χ2n) is 9.84. The Labute approximate surface area is 196 Å². The third kappa shape index (κ3) is 5.04. The third-order valence-electron chi connectivity index (χ3n) is 6.50. The highest BCUT2D eigenvalue weighted by Crippen LogP contribution is 2.29. The van der Waals surface area contributed by atoms with Crippen molar-refractivity contribution in [2.75, 3.05) is 23.7 Å². The molecule has 0 aliphatic carbocycles. The molecule has 0 unspecified atom stereocenters. The molecule has 0 aromatic heterocycles. The van der Waals surface area contributed by atoms with E-state index >= 15 is 0 Å². The van der Waals surface area contributed by atoms with Crippen LogP contribution in [0.1, 0.15) is 76.0 Å². The van der Waals surface area contributed by atoms with Gasteiger partial charge in [0.15, 0.2) is 0 Å². The van der Waals surface area contributed by atoms with Gasteiger partial charge in [-0.3, -0.25) is 0 Å². The summed E-state index contributed by atoms with van der Waals surface area (Å²) in [6.07, 6.45) is 0. The maximum Gasteiger partial charge on any atom is 0.411 e. The number of para-hydroxylation sites is 2. The van der Waals surface area contributed by atoms with E-state index < -0.39 is 0 Å². The molecular formula is C29H39BN2. The van der Waals surface area contributed by atoms with E-state index in [-0.39, 0.29) is 6.98 Å². The van der Waals surface area contributed by atoms with Crippen molar-refractivity contribution >= 4 is 23.8 Å². The molecule has 0 heterocycles. The summed E-state index contributed by atoms with van der Waals surface area (Å²) in [6, 6.07) is 26.4. The summed E-state index contributed by atoms with van der Waals surface area (Å²) in [5.74, 6) is 1.39. The molecule has 3 aromatic carbocycles. The van der Waals surface area contributed by atoms with Crippen LogP contribution in [0, 0.1) is 0 Å². The fourth-order valence-corrected chi connectivity index (χ4v) is 4.57. The van der Waals surface area contributed by atoms with Crippen LogP contribution in [0.4, 0.5) is 11.4 Å². The molecule has 0 aliphatic heterocycles. The molecule has 0 bridgehead atoms. The monoisotopic (exact) mass is 426 g/mol. The molecule has 0 spiro atoms. The van der Waals surface area contributed by atoms with Crippen LogP contribution in [0.15, 0.2) is 72.8 Å². The van der Waals surface area contributed by atoms with Gasteiger partial charge in [-0.25, -0.2) is 0 Å². The maximum absolute atomic E-state index is 2.46. The highest BCUT2D eigenvalue weighted by Gasteiger charge is 2.35. The summed E-state index contributed by atoms with van der Waals surface area (Å²) >= 11 is 0. The molecule has 0 amide bonds. The normalized spacial score (nSPS) is 11.3. The summed E-state index contributed by atoms with van der Waals surface area (Å²) in [6.45, 7) is 14.0. The lowest BCUT2D eigenvalue weighted by atomic mass is 9.57. The van der Waals surface area contributed by atoms with Crippen molar-refractivity contribution in [1.29, 1.82) is 0 Å². The van der Waals surface area contributed by atoms with Crippen molar-refractivity contribution in [2.24, 2.45) is 0 Å². The van der Waals surface area contributed by atoms with Crippen LogP contribution in [0.25, 0.3) is 0 Å². The molecular weight excluding hydrogens is 387 g/mol. The zero-order valence-electron chi connectivity index (χ0n) is 21.1. The van der Waals surface area contributed by atoms with E-state index in [1.165, 1.54) is 33.5 Å². The Morgan fingerprint density at radius 2 is 0.938 bits per heavy atom. The van der Waals surface area contributed by atoms with Gasteiger partial charge in [0.1, 0.15) is 0 Å². The van der Waals surface area contributed by atoms with E-state index in [2.05, 4.69) is 138 Å². The molecule has 3 aromatic rings. The molecule has 3 rings (SSSR count). The average Bonchev–Trinajstić information content (AvgIpc) is 2.79. The quantitative estimate of drug-likeness (QED) is 0.357. The lowest BCUT2D eigenvalue weighted by molar-refractivity contribution is 0.811. The van der Waals surface area contributed by atoms with Crippen molar-refractivity contribution in [1.82, 2.24) is 0 Å². The Morgan fingerprint density at radius 3 is 1.25 bits per heavy atom. The lowest BCUT2D eigenvalue weighted by Crippen LogP contribution is -2.60. The van der Waals surface area contributed by atoms with Crippen molar-refractivity contribution in [3.8, 4) is 0 Å². The topological polar surface area (TPSA) is 6.48 Å². The molecule has 0 aliphatic rings. The molecule has 32 heavy (non-hydrogen) atoms. The molecule has 3 heteroatoms. The van der Waals surface area contributed by atoms with Gasteiger partial charge >= 0.3 is 6.98 Å². The number of rotatable bonds is 8. The third-order valence-corrected chi connectivity index (χ3v) is 6.50. The van der Waals surface area contributed by atoms with Gasteiger partial charge in [-0.1, -0.05) is 90.1 Å². The standard InChI is InChI=1S/C29H39BN2/c1-21(2)24-19-27(22(3)4)29(28(20-24)23(5)6)30(31(7)25-15-11-9-12-16-25)32(8)26-17-13-10-14-18-26/h9-23H,1-8H3. The van der Waals surface area contributed by atoms with Gasteiger partial charge in [0.25, 0.3) is 0 Å². The first-order chi connectivity index (χ1) is 15.2. The first kappa shape index (κ1) is 24.0. The smallest absolute Gasteiger partial charge is 0.395 e. The summed E-state index contributed by atoms with van der Waals surface area (Å²) < 4.78 is 0. The van der Waals surface area contributed by atoms with E-state index in [9.17, 15) is 0 Å². The number of nitrogens with zero attached hydrogens (tertiary/aromatic N) is 2. The fraction of sp³-hybridized carbons (Fsp3) is 0.379. The Hall–Kier alpha value is -2.68. The van der Waals surface area contributed by atoms with Gasteiger partial charge in [0.2, 0.25) is 0 Å². The van der Waals surface area contributed by atoms with Gasteiger partial charge in [-0.2, -0.15) is 0 Å². The number of benzene rings is 3. The van der Waals surface area contributed by atoms with E-state index in [4.69, 9.17) is 0 Å². The van der Waals surface area contributed by atoms with Crippen molar-refractivity contribution in [2.45, 2.75) is 59.3 Å². The molecule has 0 saturated carbocycles. The molecule has 2 nitrogen and oxygen atoms in total. The number of hydrogen-bond donors (Lipinski definition) is 0. The first-order valence-electron chi connectivity index (χ1n) is 12.0. The molecule has 0 saturated heterocycles. The van der Waals surface area contributed by atoms with Gasteiger partial charge in [-0.15, -0.1) is 0 Å². The predicted molar refractivity (Wildman–Crippen MR) is 144 cm³/mol. The summed E-state index contributed by atoms with van der Waals surface area (Å²) in [5, 5.41) is 0. The van der Waals surface area contributed by atoms with Crippen LogP contribution in [0.5, 0.6) is 0 Å². The molecule has 0 atom stereocenters. The lowest BCUT2D eigenvalue weighted by Gasteiger charge is -2.38. The van der Waals surface area contributed by atoms with Crippen LogP contribution in [-0.4, -0.2) is 21.1 Å². The molecule has 0 N–H and O–H groups in total.